The van der Waals surface area contributed by atoms with Crippen LogP contribution < -0.4 is 4.74 Å². The molecule has 0 aliphatic carbocycles. The molecule has 5 heteroatoms. The number of fused-ring (bicyclic) bond motifs is 1. The molecule has 1 aromatic carbocycles. The number of carbonyl (C=O) groups excluding carboxylic acids is 1. The first-order valence-electron chi connectivity index (χ1n) is 5.01. The summed E-state index contributed by atoms with van der Waals surface area (Å²) < 4.78 is 28.0. The van der Waals surface area contributed by atoms with E-state index in [1.54, 1.807) is 24.3 Å². The van der Waals surface area contributed by atoms with E-state index in [4.69, 9.17) is 4.74 Å². The zero-order valence-electron chi connectivity index (χ0n) is 8.47. The average Bonchev–Trinajstić information content (AvgIpc) is 2.14. The normalized spacial score (nSPS) is 24.4. The van der Waals surface area contributed by atoms with Gasteiger partial charge in [0.1, 0.15) is 11.4 Å². The van der Waals surface area contributed by atoms with Crippen LogP contribution in [-0.4, -0.2) is 31.3 Å². The molecule has 2 heterocycles. The van der Waals surface area contributed by atoms with Crippen molar-refractivity contribution in [3.8, 4) is 5.75 Å². The molecular weight excluding hydrogens is 228 g/mol. The number of rotatable bonds is 0. The largest absolute Gasteiger partial charge is 0.484 e. The van der Waals surface area contributed by atoms with E-state index in [-0.39, 0.29) is 23.7 Å². The molecule has 0 saturated carbocycles. The van der Waals surface area contributed by atoms with E-state index in [1.165, 1.54) is 0 Å². The molecule has 3 rings (SSSR count). The van der Waals surface area contributed by atoms with Gasteiger partial charge in [0.25, 0.3) is 0 Å². The highest BCUT2D eigenvalue weighted by Crippen LogP contribution is 2.39. The summed E-state index contributed by atoms with van der Waals surface area (Å²) in [6.07, 6.45) is 0.170. The Bertz CT molecular complexity index is 561. The molecule has 2 aliphatic rings. The van der Waals surface area contributed by atoms with E-state index >= 15 is 0 Å². The van der Waals surface area contributed by atoms with Crippen LogP contribution >= 0.6 is 0 Å². The van der Waals surface area contributed by atoms with Gasteiger partial charge in [-0.3, -0.25) is 4.79 Å². The summed E-state index contributed by atoms with van der Waals surface area (Å²) in [5.74, 6) is 0.394. The Hall–Kier alpha value is -1.36. The third-order valence-corrected chi connectivity index (χ3v) is 4.89. The van der Waals surface area contributed by atoms with Crippen LogP contribution in [0, 0.1) is 0 Å². The Morgan fingerprint density at radius 1 is 1.19 bits per heavy atom. The molecule has 84 valence electrons. The second-order valence-electron chi connectivity index (χ2n) is 4.41. The number of Topliss-reactive ketones (excluding diaryl/α,β-unsaturated/α-hetero) is 1. The van der Waals surface area contributed by atoms with Gasteiger partial charge >= 0.3 is 0 Å². The Labute approximate surface area is 93.1 Å². The van der Waals surface area contributed by atoms with Crippen LogP contribution in [0.15, 0.2) is 24.3 Å². The van der Waals surface area contributed by atoms with Crippen LogP contribution in [0.2, 0.25) is 0 Å². The van der Waals surface area contributed by atoms with Crippen molar-refractivity contribution in [1.82, 2.24) is 0 Å². The molecule has 16 heavy (non-hydrogen) atoms. The summed E-state index contributed by atoms with van der Waals surface area (Å²) in [6.45, 7) is 0. The molecule has 0 bridgehead atoms. The molecule has 1 aromatic rings. The van der Waals surface area contributed by atoms with Gasteiger partial charge in [-0.05, 0) is 12.1 Å². The molecule has 0 N–H and O–H groups in total. The fourth-order valence-corrected chi connectivity index (χ4v) is 4.20. The van der Waals surface area contributed by atoms with Crippen LogP contribution in [0.5, 0.6) is 5.75 Å². The molecule has 0 amide bonds. The smallest absolute Gasteiger partial charge is 0.170 e. The Morgan fingerprint density at radius 3 is 2.56 bits per heavy atom. The molecule has 4 nitrogen and oxygen atoms in total. The van der Waals surface area contributed by atoms with Gasteiger partial charge in [-0.2, -0.15) is 0 Å². The maximum Gasteiger partial charge on any atom is 0.170 e. The molecule has 0 unspecified atom stereocenters. The number of hydrogen-bond acceptors (Lipinski definition) is 4. The molecule has 0 radical (unpaired) electrons. The van der Waals surface area contributed by atoms with Crippen molar-refractivity contribution in [2.45, 2.75) is 12.0 Å². The maximum atomic E-state index is 11.8. The van der Waals surface area contributed by atoms with Crippen LogP contribution in [0.4, 0.5) is 0 Å². The van der Waals surface area contributed by atoms with Crippen molar-refractivity contribution >= 4 is 15.6 Å². The molecule has 1 saturated heterocycles. The summed E-state index contributed by atoms with van der Waals surface area (Å²) in [4.78, 5) is 11.8. The number of ketones is 1. The standard InChI is InChI=1S/C11H10O4S/c12-9-5-11(6-16(13,14)7-11)15-10-4-2-1-3-8(9)10/h1-4H,5-7H2. The highest BCUT2D eigenvalue weighted by Gasteiger charge is 2.54. The van der Waals surface area contributed by atoms with E-state index in [0.717, 1.165) is 0 Å². The lowest BCUT2D eigenvalue weighted by Crippen LogP contribution is -2.61. The monoisotopic (exact) mass is 238 g/mol. The van der Waals surface area contributed by atoms with Crippen molar-refractivity contribution in [2.24, 2.45) is 0 Å². The van der Waals surface area contributed by atoms with Crippen molar-refractivity contribution in [2.75, 3.05) is 11.5 Å². The van der Waals surface area contributed by atoms with E-state index < -0.39 is 15.4 Å². The second-order valence-corrected chi connectivity index (χ2v) is 6.48. The summed E-state index contributed by atoms with van der Waals surface area (Å²) in [5.41, 5.74) is -0.234. The predicted molar refractivity (Wildman–Crippen MR) is 57.4 cm³/mol. The topological polar surface area (TPSA) is 60.4 Å². The quantitative estimate of drug-likeness (QED) is 0.671. The van der Waals surface area contributed by atoms with Gasteiger partial charge in [0, 0.05) is 0 Å². The first-order chi connectivity index (χ1) is 7.50. The van der Waals surface area contributed by atoms with Gasteiger partial charge < -0.3 is 4.74 Å². The van der Waals surface area contributed by atoms with Crippen LogP contribution in [-0.2, 0) is 9.84 Å². The number of sulfone groups is 1. The third kappa shape index (κ3) is 1.35. The zero-order chi connectivity index (χ0) is 11.4. The van der Waals surface area contributed by atoms with E-state index in [1.807, 2.05) is 0 Å². The Morgan fingerprint density at radius 2 is 1.88 bits per heavy atom. The predicted octanol–water partition coefficient (Wildman–Crippen LogP) is 0.819. The lowest BCUT2D eigenvalue weighted by atomic mass is 9.92. The van der Waals surface area contributed by atoms with Gasteiger partial charge in [-0.15, -0.1) is 0 Å². The highest BCUT2D eigenvalue weighted by molar-refractivity contribution is 7.93. The van der Waals surface area contributed by atoms with Gasteiger partial charge in [0.2, 0.25) is 0 Å². The van der Waals surface area contributed by atoms with Gasteiger partial charge in [-0.1, -0.05) is 12.1 Å². The molecule has 1 fully saturated rings. The lowest BCUT2D eigenvalue weighted by Gasteiger charge is -2.43. The van der Waals surface area contributed by atoms with E-state index in [2.05, 4.69) is 0 Å². The van der Waals surface area contributed by atoms with Crippen molar-refractivity contribution < 1.29 is 17.9 Å². The minimum Gasteiger partial charge on any atom is -0.484 e. The fraction of sp³-hybridized carbons (Fsp3) is 0.364. The van der Waals surface area contributed by atoms with Crippen LogP contribution in [0.1, 0.15) is 16.8 Å². The Kier molecular flexibility index (Phi) is 1.75. The first-order valence-corrected chi connectivity index (χ1v) is 6.84. The number of ether oxygens (including phenoxy) is 1. The van der Waals surface area contributed by atoms with Gasteiger partial charge in [0.15, 0.2) is 15.6 Å². The molecule has 2 aliphatic heterocycles. The summed E-state index contributed by atoms with van der Waals surface area (Å²) in [5, 5.41) is 0. The number of para-hydroxylation sites is 1. The summed E-state index contributed by atoms with van der Waals surface area (Å²) in [7, 11) is -2.99. The van der Waals surface area contributed by atoms with Crippen molar-refractivity contribution in [3.63, 3.8) is 0 Å². The zero-order valence-corrected chi connectivity index (χ0v) is 9.29. The van der Waals surface area contributed by atoms with Crippen molar-refractivity contribution in [1.29, 1.82) is 0 Å². The fourth-order valence-electron chi connectivity index (χ4n) is 2.36. The van der Waals surface area contributed by atoms with E-state index in [9.17, 15) is 13.2 Å². The molecule has 1 spiro atoms. The minimum atomic E-state index is -2.99. The number of carbonyl (C=O) groups is 1. The highest BCUT2D eigenvalue weighted by atomic mass is 32.2. The number of benzene rings is 1. The Balaban J connectivity index is 2.00. The van der Waals surface area contributed by atoms with Gasteiger partial charge in [-0.25, -0.2) is 8.42 Å². The second kappa shape index (κ2) is 2.85. The van der Waals surface area contributed by atoms with Gasteiger partial charge in [0.05, 0.1) is 23.5 Å². The number of hydrogen-bond donors (Lipinski definition) is 0. The molecular formula is C11H10O4S. The molecule has 0 aromatic heterocycles. The SMILES string of the molecule is O=C1CC2(CS(=O)(=O)C2)Oc2ccccc21. The lowest BCUT2D eigenvalue weighted by molar-refractivity contribution is 0.0581. The summed E-state index contributed by atoms with van der Waals surface area (Å²) >= 11 is 0. The summed E-state index contributed by atoms with van der Waals surface area (Å²) in [6, 6.07) is 6.96. The third-order valence-electron chi connectivity index (χ3n) is 2.96. The van der Waals surface area contributed by atoms with Crippen LogP contribution in [0.3, 0.4) is 0 Å². The average molecular weight is 238 g/mol. The minimum absolute atomic E-state index is 0.0308. The first kappa shape index (κ1) is 9.84. The maximum absolute atomic E-state index is 11.8. The van der Waals surface area contributed by atoms with Crippen molar-refractivity contribution in [3.05, 3.63) is 29.8 Å². The van der Waals surface area contributed by atoms with E-state index in [0.29, 0.717) is 11.3 Å². The molecule has 0 atom stereocenters. The van der Waals surface area contributed by atoms with Crippen LogP contribution in [0.25, 0.3) is 0 Å².